The van der Waals surface area contributed by atoms with E-state index in [0.717, 1.165) is 44.3 Å². The highest BCUT2D eigenvalue weighted by atomic mass is 15.3. The summed E-state index contributed by atoms with van der Waals surface area (Å²) in [5, 5.41) is 11.3. The second-order valence-electron chi connectivity index (χ2n) is 7.67. The summed E-state index contributed by atoms with van der Waals surface area (Å²) in [6.45, 7) is 19.4. The maximum absolute atomic E-state index is 4.71. The Hall–Kier alpha value is -1.60. The van der Waals surface area contributed by atoms with Crippen molar-refractivity contribution < 1.29 is 0 Å². The number of likely N-dealkylation sites (N-methyl/N-ethyl adjacent to an activating group) is 1. The van der Waals surface area contributed by atoms with Gasteiger partial charge >= 0.3 is 0 Å². The number of aliphatic imine (C=N–C) groups is 1. The van der Waals surface area contributed by atoms with Gasteiger partial charge in [-0.3, -0.25) is 9.67 Å². The van der Waals surface area contributed by atoms with Crippen molar-refractivity contribution >= 4 is 5.96 Å². The standard InChI is InChI=1S/C21H41N7/c1-5-22-21(24-11-9-13-28-20(4)18-19(3)25-28)23-10-7-8-12-27-16-14-26(6-2)15-17-27/h18H,5-17H2,1-4H3,(H2,22,23,24). The van der Waals surface area contributed by atoms with Crippen LogP contribution in [-0.4, -0.2) is 84.4 Å². The van der Waals surface area contributed by atoms with E-state index in [4.69, 9.17) is 4.99 Å². The lowest BCUT2D eigenvalue weighted by atomic mass is 10.2. The molecule has 28 heavy (non-hydrogen) atoms. The van der Waals surface area contributed by atoms with Crippen LogP contribution < -0.4 is 10.6 Å². The smallest absolute Gasteiger partial charge is 0.191 e. The second kappa shape index (κ2) is 12.8. The van der Waals surface area contributed by atoms with Gasteiger partial charge in [0.1, 0.15) is 0 Å². The molecule has 1 aromatic rings. The molecule has 0 bridgehead atoms. The Bertz CT molecular complexity index is 573. The third-order valence-electron chi connectivity index (χ3n) is 5.35. The highest BCUT2D eigenvalue weighted by molar-refractivity contribution is 5.79. The van der Waals surface area contributed by atoms with Crippen molar-refractivity contribution in [1.82, 2.24) is 30.2 Å². The molecule has 0 unspecified atom stereocenters. The van der Waals surface area contributed by atoms with Crippen LogP contribution in [-0.2, 0) is 6.54 Å². The topological polar surface area (TPSA) is 60.7 Å². The summed E-state index contributed by atoms with van der Waals surface area (Å²) in [6.07, 6.45) is 3.43. The van der Waals surface area contributed by atoms with E-state index >= 15 is 0 Å². The third-order valence-corrected chi connectivity index (χ3v) is 5.35. The Kier molecular flexibility index (Phi) is 10.4. The third kappa shape index (κ3) is 8.19. The summed E-state index contributed by atoms with van der Waals surface area (Å²) in [5.74, 6) is 0.937. The van der Waals surface area contributed by atoms with E-state index in [1.165, 1.54) is 57.8 Å². The van der Waals surface area contributed by atoms with E-state index in [0.29, 0.717) is 0 Å². The zero-order valence-corrected chi connectivity index (χ0v) is 18.5. The second-order valence-corrected chi connectivity index (χ2v) is 7.67. The van der Waals surface area contributed by atoms with Gasteiger partial charge in [-0.1, -0.05) is 6.92 Å². The number of guanidine groups is 1. The molecule has 2 rings (SSSR count). The molecule has 1 saturated heterocycles. The van der Waals surface area contributed by atoms with Crippen LogP contribution in [0.5, 0.6) is 0 Å². The number of aryl methyl sites for hydroxylation is 3. The van der Waals surface area contributed by atoms with E-state index in [2.05, 4.69) is 57.1 Å². The molecule has 1 aliphatic rings. The maximum atomic E-state index is 4.71. The molecule has 1 aliphatic heterocycles. The van der Waals surface area contributed by atoms with Crippen molar-refractivity contribution in [2.75, 3.05) is 58.9 Å². The molecule has 0 radical (unpaired) electrons. The molecule has 2 N–H and O–H groups in total. The van der Waals surface area contributed by atoms with Crippen LogP contribution in [0.3, 0.4) is 0 Å². The largest absolute Gasteiger partial charge is 0.357 e. The Morgan fingerprint density at radius 1 is 1.00 bits per heavy atom. The SMILES string of the molecule is CCNC(=NCCCn1nc(C)cc1C)NCCCCN1CCN(CC)CC1. The normalized spacial score (nSPS) is 16.5. The molecule has 0 spiro atoms. The number of nitrogens with zero attached hydrogens (tertiary/aromatic N) is 5. The summed E-state index contributed by atoms with van der Waals surface area (Å²) in [4.78, 5) is 9.84. The summed E-state index contributed by atoms with van der Waals surface area (Å²) in [7, 11) is 0. The molecule has 0 saturated carbocycles. The van der Waals surface area contributed by atoms with Gasteiger partial charge in [-0.15, -0.1) is 0 Å². The maximum Gasteiger partial charge on any atom is 0.191 e. The molecule has 0 amide bonds. The number of aromatic nitrogens is 2. The van der Waals surface area contributed by atoms with Crippen molar-refractivity contribution in [1.29, 1.82) is 0 Å². The van der Waals surface area contributed by atoms with Crippen LogP contribution in [0, 0.1) is 13.8 Å². The van der Waals surface area contributed by atoms with Crippen LogP contribution >= 0.6 is 0 Å². The zero-order chi connectivity index (χ0) is 20.2. The van der Waals surface area contributed by atoms with Crippen molar-refractivity contribution in [3.8, 4) is 0 Å². The van der Waals surface area contributed by atoms with E-state index in [1.807, 2.05) is 6.92 Å². The minimum atomic E-state index is 0.815. The van der Waals surface area contributed by atoms with Gasteiger partial charge in [-0.05, 0) is 59.2 Å². The molecule has 1 aromatic heterocycles. The fraction of sp³-hybridized carbons (Fsp3) is 0.810. The van der Waals surface area contributed by atoms with Gasteiger partial charge < -0.3 is 20.4 Å². The molecule has 0 aromatic carbocycles. The lowest BCUT2D eigenvalue weighted by molar-refractivity contribution is 0.136. The number of hydrogen-bond acceptors (Lipinski definition) is 4. The van der Waals surface area contributed by atoms with Crippen LogP contribution in [0.2, 0.25) is 0 Å². The average Bonchev–Trinajstić information content (AvgIpc) is 3.02. The molecule has 7 nitrogen and oxygen atoms in total. The minimum Gasteiger partial charge on any atom is -0.357 e. The van der Waals surface area contributed by atoms with Crippen molar-refractivity contribution in [3.63, 3.8) is 0 Å². The highest BCUT2D eigenvalue weighted by Gasteiger charge is 2.14. The number of rotatable bonds is 11. The number of hydrogen-bond donors (Lipinski definition) is 2. The first kappa shape index (κ1) is 22.7. The molecule has 0 aliphatic carbocycles. The van der Waals surface area contributed by atoms with Gasteiger partial charge in [0.05, 0.1) is 5.69 Å². The Balaban J connectivity index is 1.58. The Labute approximate surface area is 171 Å². The first-order valence-electron chi connectivity index (χ1n) is 11.1. The highest BCUT2D eigenvalue weighted by Crippen LogP contribution is 2.04. The van der Waals surface area contributed by atoms with E-state index < -0.39 is 0 Å². The molecular weight excluding hydrogens is 350 g/mol. The first-order chi connectivity index (χ1) is 13.6. The van der Waals surface area contributed by atoms with Gasteiger partial charge in [-0.2, -0.15) is 5.10 Å². The molecule has 160 valence electrons. The molecule has 7 heteroatoms. The Morgan fingerprint density at radius 3 is 2.39 bits per heavy atom. The van der Waals surface area contributed by atoms with Gasteiger partial charge in [-0.25, -0.2) is 0 Å². The number of nitrogens with one attached hydrogen (secondary N) is 2. The van der Waals surface area contributed by atoms with Crippen LogP contribution in [0.4, 0.5) is 0 Å². The van der Waals surface area contributed by atoms with Crippen molar-refractivity contribution in [2.45, 2.75) is 53.5 Å². The lowest BCUT2D eigenvalue weighted by Crippen LogP contribution is -2.46. The van der Waals surface area contributed by atoms with Crippen LogP contribution in [0.1, 0.15) is 44.5 Å². The van der Waals surface area contributed by atoms with E-state index in [-0.39, 0.29) is 0 Å². The minimum absolute atomic E-state index is 0.815. The summed E-state index contributed by atoms with van der Waals surface area (Å²) in [6, 6.07) is 2.12. The quantitative estimate of drug-likeness (QED) is 0.343. The van der Waals surface area contributed by atoms with Gasteiger partial charge in [0.25, 0.3) is 0 Å². The monoisotopic (exact) mass is 391 g/mol. The van der Waals surface area contributed by atoms with E-state index in [1.54, 1.807) is 0 Å². The molecule has 1 fully saturated rings. The summed E-state index contributed by atoms with van der Waals surface area (Å²) >= 11 is 0. The fourth-order valence-corrected chi connectivity index (χ4v) is 3.65. The van der Waals surface area contributed by atoms with Crippen LogP contribution in [0.25, 0.3) is 0 Å². The lowest BCUT2D eigenvalue weighted by Gasteiger charge is -2.34. The van der Waals surface area contributed by atoms with Gasteiger partial charge in [0.15, 0.2) is 5.96 Å². The number of unbranched alkanes of at least 4 members (excludes halogenated alkanes) is 1. The zero-order valence-electron chi connectivity index (χ0n) is 18.5. The van der Waals surface area contributed by atoms with Crippen molar-refractivity contribution in [2.24, 2.45) is 4.99 Å². The molecule has 2 heterocycles. The van der Waals surface area contributed by atoms with Gasteiger partial charge in [0.2, 0.25) is 0 Å². The Morgan fingerprint density at radius 2 is 1.75 bits per heavy atom. The predicted octanol–water partition coefficient (Wildman–Crippen LogP) is 1.86. The summed E-state index contributed by atoms with van der Waals surface area (Å²) in [5.41, 5.74) is 2.31. The first-order valence-corrected chi connectivity index (χ1v) is 11.1. The average molecular weight is 392 g/mol. The summed E-state index contributed by atoms with van der Waals surface area (Å²) < 4.78 is 2.07. The van der Waals surface area contributed by atoms with Gasteiger partial charge in [0, 0.05) is 58.1 Å². The number of piperazine rings is 1. The fourth-order valence-electron chi connectivity index (χ4n) is 3.65. The predicted molar refractivity (Wildman–Crippen MR) is 118 cm³/mol. The van der Waals surface area contributed by atoms with Crippen molar-refractivity contribution in [3.05, 3.63) is 17.5 Å². The van der Waals surface area contributed by atoms with Crippen LogP contribution in [0.15, 0.2) is 11.1 Å². The molecule has 0 atom stereocenters. The molecular formula is C21H41N7. The van der Waals surface area contributed by atoms with E-state index in [9.17, 15) is 0 Å².